The second kappa shape index (κ2) is 10.1. The summed E-state index contributed by atoms with van der Waals surface area (Å²) in [7, 11) is -0.690. The molecule has 0 aromatic heterocycles. The molecule has 0 fully saturated rings. The number of carbonyl (C=O) groups is 2. The van der Waals surface area contributed by atoms with Crippen molar-refractivity contribution >= 4 is 27.6 Å². The van der Waals surface area contributed by atoms with Gasteiger partial charge in [0.15, 0.2) is 6.61 Å². The van der Waals surface area contributed by atoms with Crippen molar-refractivity contribution in [2.45, 2.75) is 4.90 Å². The van der Waals surface area contributed by atoms with E-state index in [1.807, 2.05) is 18.2 Å². The second-order valence-electron chi connectivity index (χ2n) is 6.88. The standard InChI is InChI=1S/C23H22N2O6S/c1-25(2)32(28,29)21-13-11-18(12-14-21)24-22(26)16-30-23(27)17-7-6-10-20(15-17)31-19-8-4-3-5-9-19/h3-15H,16H2,1-2H3,(H,24,26). The molecule has 0 radical (unpaired) electrons. The van der Waals surface area contributed by atoms with Crippen LogP contribution in [-0.2, 0) is 19.6 Å². The lowest BCUT2D eigenvalue weighted by molar-refractivity contribution is -0.119. The lowest BCUT2D eigenvalue weighted by Crippen LogP contribution is -2.22. The Morgan fingerprint density at radius 3 is 2.19 bits per heavy atom. The summed E-state index contributed by atoms with van der Waals surface area (Å²) in [6.45, 7) is -0.500. The highest BCUT2D eigenvalue weighted by Gasteiger charge is 2.17. The van der Waals surface area contributed by atoms with Crippen molar-refractivity contribution in [3.63, 3.8) is 0 Å². The van der Waals surface area contributed by atoms with Crippen molar-refractivity contribution in [3.05, 3.63) is 84.4 Å². The zero-order chi connectivity index (χ0) is 23.1. The number of sulfonamides is 1. The first-order chi connectivity index (χ1) is 15.3. The Balaban J connectivity index is 1.55. The number of amides is 1. The van der Waals surface area contributed by atoms with Gasteiger partial charge in [0.2, 0.25) is 10.0 Å². The highest BCUT2D eigenvalue weighted by molar-refractivity contribution is 7.89. The molecule has 32 heavy (non-hydrogen) atoms. The molecule has 166 valence electrons. The maximum Gasteiger partial charge on any atom is 0.338 e. The van der Waals surface area contributed by atoms with Gasteiger partial charge < -0.3 is 14.8 Å². The fourth-order valence-corrected chi connectivity index (χ4v) is 3.55. The molecule has 0 saturated heterocycles. The highest BCUT2D eigenvalue weighted by Crippen LogP contribution is 2.22. The van der Waals surface area contributed by atoms with Crippen molar-refractivity contribution in [1.29, 1.82) is 0 Å². The van der Waals surface area contributed by atoms with Gasteiger partial charge in [-0.15, -0.1) is 0 Å². The van der Waals surface area contributed by atoms with E-state index in [1.54, 1.807) is 30.3 Å². The normalized spacial score (nSPS) is 11.1. The molecular weight excluding hydrogens is 432 g/mol. The molecule has 8 nitrogen and oxygen atoms in total. The van der Waals surface area contributed by atoms with Gasteiger partial charge in [0, 0.05) is 19.8 Å². The van der Waals surface area contributed by atoms with Gasteiger partial charge in [-0.05, 0) is 54.6 Å². The number of nitrogens with zero attached hydrogens (tertiary/aromatic N) is 1. The van der Waals surface area contributed by atoms with Crippen LogP contribution < -0.4 is 10.1 Å². The topological polar surface area (TPSA) is 102 Å². The number of benzene rings is 3. The van der Waals surface area contributed by atoms with Gasteiger partial charge in [-0.25, -0.2) is 17.5 Å². The monoisotopic (exact) mass is 454 g/mol. The van der Waals surface area contributed by atoms with Crippen LogP contribution in [0.25, 0.3) is 0 Å². The van der Waals surface area contributed by atoms with Crippen molar-refractivity contribution in [3.8, 4) is 11.5 Å². The smallest absolute Gasteiger partial charge is 0.338 e. The number of anilines is 1. The molecule has 1 N–H and O–H groups in total. The fourth-order valence-electron chi connectivity index (χ4n) is 2.64. The third kappa shape index (κ3) is 5.93. The maximum atomic E-state index is 12.3. The highest BCUT2D eigenvalue weighted by atomic mass is 32.2. The number of para-hydroxylation sites is 1. The number of esters is 1. The van der Waals surface area contributed by atoms with E-state index in [1.165, 1.54) is 44.4 Å². The molecule has 0 spiro atoms. The summed E-state index contributed by atoms with van der Waals surface area (Å²) >= 11 is 0. The molecule has 0 bridgehead atoms. The number of hydrogen-bond acceptors (Lipinski definition) is 6. The number of ether oxygens (including phenoxy) is 2. The van der Waals surface area contributed by atoms with Crippen LogP contribution in [0.4, 0.5) is 5.69 Å². The predicted octanol–water partition coefficient (Wildman–Crippen LogP) is 3.52. The van der Waals surface area contributed by atoms with Crippen LogP contribution in [0.3, 0.4) is 0 Å². The molecule has 0 aliphatic rings. The number of carbonyl (C=O) groups excluding carboxylic acids is 2. The SMILES string of the molecule is CN(C)S(=O)(=O)c1ccc(NC(=O)COC(=O)c2cccc(Oc3ccccc3)c2)cc1. The zero-order valence-corrected chi connectivity index (χ0v) is 18.3. The first-order valence-corrected chi connectivity index (χ1v) is 11.0. The molecule has 0 heterocycles. The second-order valence-corrected chi connectivity index (χ2v) is 9.03. The summed E-state index contributed by atoms with van der Waals surface area (Å²) in [4.78, 5) is 24.5. The van der Waals surface area contributed by atoms with E-state index in [0.29, 0.717) is 17.2 Å². The summed E-state index contributed by atoms with van der Waals surface area (Å²) in [6, 6.07) is 21.2. The van der Waals surface area contributed by atoms with E-state index in [0.717, 1.165) is 4.31 Å². The Hall–Kier alpha value is -3.69. The van der Waals surface area contributed by atoms with Gasteiger partial charge >= 0.3 is 5.97 Å². The largest absolute Gasteiger partial charge is 0.457 e. The zero-order valence-electron chi connectivity index (χ0n) is 17.5. The minimum Gasteiger partial charge on any atom is -0.457 e. The molecule has 0 saturated carbocycles. The van der Waals surface area contributed by atoms with E-state index in [4.69, 9.17) is 9.47 Å². The van der Waals surface area contributed by atoms with Gasteiger partial charge in [0.25, 0.3) is 5.91 Å². The first kappa shape index (κ1) is 23.0. The average molecular weight is 455 g/mol. The predicted molar refractivity (Wildman–Crippen MR) is 119 cm³/mol. The minimum absolute atomic E-state index is 0.101. The average Bonchev–Trinajstić information content (AvgIpc) is 2.78. The van der Waals surface area contributed by atoms with Crippen LogP contribution in [0.2, 0.25) is 0 Å². The van der Waals surface area contributed by atoms with Gasteiger partial charge in [0.1, 0.15) is 11.5 Å². The summed E-state index contributed by atoms with van der Waals surface area (Å²) in [5.41, 5.74) is 0.617. The lowest BCUT2D eigenvalue weighted by Gasteiger charge is -2.12. The molecule has 1 amide bonds. The van der Waals surface area contributed by atoms with Crippen molar-refractivity contribution in [1.82, 2.24) is 4.31 Å². The molecule has 0 aliphatic heterocycles. The summed E-state index contributed by atoms with van der Waals surface area (Å²) in [5.74, 6) is -0.144. The minimum atomic E-state index is -3.56. The summed E-state index contributed by atoms with van der Waals surface area (Å²) in [6.07, 6.45) is 0. The van der Waals surface area contributed by atoms with E-state index >= 15 is 0 Å². The van der Waals surface area contributed by atoms with Crippen LogP contribution >= 0.6 is 0 Å². The molecule has 0 unspecified atom stereocenters. The molecule has 3 aromatic rings. The third-order valence-electron chi connectivity index (χ3n) is 4.30. The summed E-state index contributed by atoms with van der Waals surface area (Å²) in [5, 5.41) is 2.55. The Bertz CT molecular complexity index is 1190. The Morgan fingerprint density at radius 1 is 0.875 bits per heavy atom. The lowest BCUT2D eigenvalue weighted by atomic mass is 10.2. The van der Waals surface area contributed by atoms with Gasteiger partial charge in [0.05, 0.1) is 10.5 Å². The first-order valence-electron chi connectivity index (χ1n) is 9.58. The molecule has 0 atom stereocenters. The van der Waals surface area contributed by atoms with Crippen molar-refractivity contribution in [2.75, 3.05) is 26.0 Å². The Kier molecular flexibility index (Phi) is 7.24. The van der Waals surface area contributed by atoms with E-state index in [9.17, 15) is 18.0 Å². The third-order valence-corrected chi connectivity index (χ3v) is 6.13. The number of hydrogen-bond donors (Lipinski definition) is 1. The number of nitrogens with one attached hydrogen (secondary N) is 1. The van der Waals surface area contributed by atoms with Gasteiger partial charge in [-0.3, -0.25) is 4.79 Å². The summed E-state index contributed by atoms with van der Waals surface area (Å²) < 4.78 is 36.0. The van der Waals surface area contributed by atoms with Crippen LogP contribution in [0.5, 0.6) is 11.5 Å². The maximum absolute atomic E-state index is 12.3. The van der Waals surface area contributed by atoms with Crippen LogP contribution in [0.1, 0.15) is 10.4 Å². The Labute approximate surface area is 186 Å². The molecule has 0 aliphatic carbocycles. The van der Waals surface area contributed by atoms with Gasteiger partial charge in [-0.1, -0.05) is 24.3 Å². The van der Waals surface area contributed by atoms with E-state index in [2.05, 4.69) is 5.32 Å². The molecule has 3 aromatic carbocycles. The van der Waals surface area contributed by atoms with Crippen LogP contribution in [-0.4, -0.2) is 45.3 Å². The van der Waals surface area contributed by atoms with Crippen LogP contribution in [0.15, 0.2) is 83.8 Å². The van der Waals surface area contributed by atoms with Crippen LogP contribution in [0, 0.1) is 0 Å². The number of rotatable bonds is 8. The Morgan fingerprint density at radius 2 is 1.53 bits per heavy atom. The molecular formula is C23H22N2O6S. The fraction of sp³-hybridized carbons (Fsp3) is 0.130. The van der Waals surface area contributed by atoms with E-state index < -0.39 is 28.5 Å². The van der Waals surface area contributed by atoms with Crippen molar-refractivity contribution < 1.29 is 27.5 Å². The molecule has 3 rings (SSSR count). The van der Waals surface area contributed by atoms with Gasteiger partial charge in [-0.2, -0.15) is 0 Å². The van der Waals surface area contributed by atoms with E-state index in [-0.39, 0.29) is 10.5 Å². The quantitative estimate of drug-likeness (QED) is 0.523. The van der Waals surface area contributed by atoms with Crippen molar-refractivity contribution in [2.24, 2.45) is 0 Å². The molecule has 9 heteroatoms.